The third-order valence-corrected chi connectivity index (χ3v) is 3.59. The molecule has 10 heteroatoms. The largest absolute Gasteiger partial charge is 0.444 e. The highest BCUT2D eigenvalue weighted by Crippen LogP contribution is 2.27. The Morgan fingerprint density at radius 3 is 2.45 bits per heavy atom. The Bertz CT molecular complexity index is 992. The summed E-state index contributed by atoms with van der Waals surface area (Å²) in [5.74, 6) is -2.73. The maximum atomic E-state index is 12.0. The molecule has 154 valence electrons. The molecule has 0 atom stereocenters. The first-order valence-electron chi connectivity index (χ1n) is 8.76. The molecule has 1 fully saturated rings. The molecule has 1 amide bonds. The number of esters is 2. The monoisotopic (exact) mass is 403 g/mol. The van der Waals surface area contributed by atoms with Crippen LogP contribution in [0.5, 0.6) is 0 Å². The number of nitrogens with zero attached hydrogens (tertiary/aromatic N) is 1. The Kier molecular flexibility index (Phi) is 4.95. The summed E-state index contributed by atoms with van der Waals surface area (Å²) in [4.78, 5) is 35.9. The topological polar surface area (TPSA) is 129 Å². The predicted octanol–water partition coefficient (Wildman–Crippen LogP) is 3.31. The fourth-order valence-corrected chi connectivity index (χ4v) is 2.45. The highest BCUT2D eigenvalue weighted by atomic mass is 16.7. The van der Waals surface area contributed by atoms with Crippen LogP contribution in [-0.2, 0) is 23.8 Å². The van der Waals surface area contributed by atoms with E-state index < -0.39 is 29.4 Å². The summed E-state index contributed by atoms with van der Waals surface area (Å²) < 4.78 is 20.4. The zero-order valence-corrected chi connectivity index (χ0v) is 16.6. The van der Waals surface area contributed by atoms with Gasteiger partial charge in [-0.3, -0.25) is 5.32 Å². The number of aromatic nitrogens is 1. The Morgan fingerprint density at radius 1 is 1.17 bits per heavy atom. The number of hydrogen-bond acceptors (Lipinski definition) is 9. The van der Waals surface area contributed by atoms with Crippen molar-refractivity contribution in [3.8, 4) is 0 Å². The van der Waals surface area contributed by atoms with E-state index in [1.165, 1.54) is 20.0 Å². The third kappa shape index (κ3) is 4.84. The van der Waals surface area contributed by atoms with E-state index in [0.717, 1.165) is 0 Å². The Hall–Kier alpha value is -3.56. The van der Waals surface area contributed by atoms with E-state index in [9.17, 15) is 14.4 Å². The van der Waals surface area contributed by atoms with Gasteiger partial charge in [-0.05, 0) is 39.0 Å². The number of nitrogens with one attached hydrogen (secondary N) is 2. The van der Waals surface area contributed by atoms with Gasteiger partial charge in [-0.25, -0.2) is 14.4 Å². The standard InChI is InChI=1S/C19H21N3O7/c1-18(2,3)28-17(25)21-14-11-8-10(6-7-13(11)29-22-14)20-9-12-15(23)26-19(4,5)27-16(12)24/h6-9,20H,1-5H3,(H,21,22,25). The van der Waals surface area contributed by atoms with Crippen molar-refractivity contribution in [2.24, 2.45) is 0 Å². The molecule has 0 radical (unpaired) electrons. The molecule has 0 unspecified atom stereocenters. The molecular formula is C19H21N3O7. The second-order valence-corrected chi connectivity index (χ2v) is 7.75. The molecule has 0 saturated carbocycles. The molecule has 2 N–H and O–H groups in total. The number of amides is 1. The van der Waals surface area contributed by atoms with Crippen LogP contribution in [0.2, 0.25) is 0 Å². The highest BCUT2D eigenvalue weighted by molar-refractivity contribution is 6.15. The zero-order chi connectivity index (χ0) is 21.4. The lowest BCUT2D eigenvalue weighted by Crippen LogP contribution is -2.42. The quantitative estimate of drug-likeness (QED) is 0.450. The molecule has 10 nitrogen and oxygen atoms in total. The maximum absolute atomic E-state index is 12.0. The minimum Gasteiger partial charge on any atom is -0.444 e. The van der Waals surface area contributed by atoms with Gasteiger partial charge < -0.3 is 24.1 Å². The van der Waals surface area contributed by atoms with Crippen molar-refractivity contribution in [3.05, 3.63) is 30.0 Å². The van der Waals surface area contributed by atoms with Crippen molar-refractivity contribution in [2.45, 2.75) is 46.0 Å². The molecule has 29 heavy (non-hydrogen) atoms. The first-order valence-corrected chi connectivity index (χ1v) is 8.76. The Balaban J connectivity index is 1.79. The van der Waals surface area contributed by atoms with Gasteiger partial charge in [0.15, 0.2) is 17.0 Å². The lowest BCUT2D eigenvalue weighted by atomic mass is 10.2. The number of fused-ring (bicyclic) bond motifs is 1. The fraction of sp³-hybridized carbons (Fsp3) is 0.368. The average molecular weight is 403 g/mol. The lowest BCUT2D eigenvalue weighted by molar-refractivity contribution is -0.222. The predicted molar refractivity (Wildman–Crippen MR) is 102 cm³/mol. The number of cyclic esters (lactones) is 2. The maximum Gasteiger partial charge on any atom is 0.413 e. The van der Waals surface area contributed by atoms with Crippen LogP contribution in [0.15, 0.2) is 34.5 Å². The minimum absolute atomic E-state index is 0.170. The number of benzene rings is 1. The summed E-state index contributed by atoms with van der Waals surface area (Å²) in [7, 11) is 0. The first-order chi connectivity index (χ1) is 13.4. The van der Waals surface area contributed by atoms with Crippen molar-refractivity contribution in [1.82, 2.24) is 5.16 Å². The van der Waals surface area contributed by atoms with Gasteiger partial charge >= 0.3 is 18.0 Å². The van der Waals surface area contributed by atoms with Crippen LogP contribution in [0, 0.1) is 0 Å². The van der Waals surface area contributed by atoms with Gasteiger partial charge in [0.2, 0.25) is 0 Å². The number of ether oxygens (including phenoxy) is 3. The molecule has 0 bridgehead atoms. The second kappa shape index (κ2) is 7.12. The van der Waals surface area contributed by atoms with Gasteiger partial charge in [0.25, 0.3) is 5.79 Å². The molecule has 0 spiro atoms. The molecule has 1 saturated heterocycles. The minimum atomic E-state index is -1.31. The van der Waals surface area contributed by atoms with Gasteiger partial charge in [0.1, 0.15) is 5.60 Å². The van der Waals surface area contributed by atoms with Gasteiger partial charge in [0.05, 0.1) is 5.39 Å². The smallest absolute Gasteiger partial charge is 0.413 e. The zero-order valence-electron chi connectivity index (χ0n) is 16.6. The van der Waals surface area contributed by atoms with E-state index >= 15 is 0 Å². The van der Waals surface area contributed by atoms with Crippen molar-refractivity contribution in [2.75, 3.05) is 10.6 Å². The molecule has 0 aliphatic carbocycles. The van der Waals surface area contributed by atoms with Gasteiger partial charge in [-0.1, -0.05) is 5.16 Å². The van der Waals surface area contributed by atoms with Gasteiger partial charge in [-0.15, -0.1) is 0 Å². The lowest BCUT2D eigenvalue weighted by Gasteiger charge is -2.29. The third-order valence-electron chi connectivity index (χ3n) is 3.59. The van der Waals surface area contributed by atoms with Crippen molar-refractivity contribution in [3.63, 3.8) is 0 Å². The van der Waals surface area contributed by atoms with Crippen LogP contribution in [-0.4, -0.2) is 34.6 Å². The summed E-state index contributed by atoms with van der Waals surface area (Å²) in [5.41, 5.74) is -0.0134. The summed E-state index contributed by atoms with van der Waals surface area (Å²) in [6, 6.07) is 4.88. The molecular weight excluding hydrogens is 382 g/mol. The molecule has 2 heterocycles. The van der Waals surface area contributed by atoms with E-state index in [2.05, 4.69) is 15.8 Å². The number of rotatable bonds is 3. The molecule has 3 rings (SSSR count). The van der Waals surface area contributed by atoms with Gasteiger partial charge in [-0.2, -0.15) is 0 Å². The van der Waals surface area contributed by atoms with E-state index in [0.29, 0.717) is 16.7 Å². The molecule has 1 aliphatic heterocycles. The summed E-state index contributed by atoms with van der Waals surface area (Å²) in [6.07, 6.45) is 0.513. The van der Waals surface area contributed by atoms with Crippen LogP contribution < -0.4 is 10.6 Å². The highest BCUT2D eigenvalue weighted by Gasteiger charge is 2.38. The molecule has 1 aromatic carbocycles. The van der Waals surface area contributed by atoms with Crippen LogP contribution in [0.25, 0.3) is 11.0 Å². The number of anilines is 2. The SMILES string of the molecule is CC(C)(C)OC(=O)Nc1noc2ccc(NC=C3C(=O)OC(C)(C)OC3=O)cc12. The number of carbonyl (C=O) groups excluding carboxylic acids is 3. The molecule has 1 aromatic heterocycles. The van der Waals surface area contributed by atoms with Crippen LogP contribution in [0.4, 0.5) is 16.3 Å². The Morgan fingerprint density at radius 2 is 1.83 bits per heavy atom. The van der Waals surface area contributed by atoms with Gasteiger partial charge in [0, 0.05) is 25.7 Å². The van der Waals surface area contributed by atoms with E-state index in [4.69, 9.17) is 18.7 Å². The van der Waals surface area contributed by atoms with Crippen molar-refractivity contribution < 1.29 is 33.1 Å². The summed E-state index contributed by atoms with van der Waals surface area (Å²) >= 11 is 0. The van der Waals surface area contributed by atoms with Crippen LogP contribution in [0.3, 0.4) is 0 Å². The molecule has 2 aromatic rings. The summed E-state index contributed by atoms with van der Waals surface area (Å²) in [6.45, 7) is 8.15. The average Bonchev–Trinajstić information content (AvgIpc) is 2.93. The van der Waals surface area contributed by atoms with E-state index in [1.807, 2.05) is 0 Å². The normalized spacial score (nSPS) is 16.1. The van der Waals surface area contributed by atoms with E-state index in [1.54, 1.807) is 39.0 Å². The summed E-state index contributed by atoms with van der Waals surface area (Å²) in [5, 5.41) is 9.66. The molecule has 1 aliphatic rings. The Labute approximate surface area is 166 Å². The second-order valence-electron chi connectivity index (χ2n) is 7.75. The van der Waals surface area contributed by atoms with Crippen molar-refractivity contribution in [1.29, 1.82) is 0 Å². The number of carbonyl (C=O) groups is 3. The van der Waals surface area contributed by atoms with Crippen LogP contribution >= 0.6 is 0 Å². The first kappa shape index (κ1) is 20.2. The number of hydrogen-bond donors (Lipinski definition) is 2. The fourth-order valence-electron chi connectivity index (χ4n) is 2.45. The van der Waals surface area contributed by atoms with E-state index in [-0.39, 0.29) is 11.4 Å². The van der Waals surface area contributed by atoms with Crippen LogP contribution in [0.1, 0.15) is 34.6 Å². The van der Waals surface area contributed by atoms with Crippen molar-refractivity contribution >= 4 is 40.5 Å².